The summed E-state index contributed by atoms with van der Waals surface area (Å²) in [4.78, 5) is 4.50. The van der Waals surface area contributed by atoms with Crippen molar-refractivity contribution in [2.24, 2.45) is 11.1 Å². The van der Waals surface area contributed by atoms with E-state index in [4.69, 9.17) is 10.3 Å². The molecule has 1 aromatic rings. The quantitative estimate of drug-likeness (QED) is 0.844. The zero-order valence-corrected chi connectivity index (χ0v) is 11.5. The molecular formula is C14H25N3O. The summed E-state index contributed by atoms with van der Waals surface area (Å²) >= 11 is 0. The van der Waals surface area contributed by atoms with Gasteiger partial charge in [-0.1, -0.05) is 37.8 Å². The fourth-order valence-electron chi connectivity index (χ4n) is 2.87. The van der Waals surface area contributed by atoms with Crippen LogP contribution in [0.3, 0.4) is 0 Å². The molecular weight excluding hydrogens is 226 g/mol. The summed E-state index contributed by atoms with van der Waals surface area (Å²) < 4.78 is 5.37. The van der Waals surface area contributed by atoms with E-state index in [1.807, 2.05) is 0 Å². The summed E-state index contributed by atoms with van der Waals surface area (Å²) in [5.74, 6) is 1.64. The van der Waals surface area contributed by atoms with Gasteiger partial charge in [0, 0.05) is 12.8 Å². The standard InChI is InChI=1S/C14H25N3O/c1-2-3-7-12-16-13(18-17-12)10-14(11-15)8-5-4-6-9-14/h2-11,15H2,1H3. The van der Waals surface area contributed by atoms with Crippen LogP contribution >= 0.6 is 0 Å². The van der Waals surface area contributed by atoms with Gasteiger partial charge in [-0.05, 0) is 31.2 Å². The molecule has 0 unspecified atom stereocenters. The summed E-state index contributed by atoms with van der Waals surface area (Å²) in [6, 6.07) is 0. The van der Waals surface area contributed by atoms with Crippen LogP contribution in [0.2, 0.25) is 0 Å². The Balaban J connectivity index is 1.96. The molecule has 4 heteroatoms. The Morgan fingerprint density at radius 1 is 1.28 bits per heavy atom. The number of aromatic nitrogens is 2. The maximum Gasteiger partial charge on any atom is 0.227 e. The molecule has 0 radical (unpaired) electrons. The average Bonchev–Trinajstić information content (AvgIpc) is 2.85. The maximum atomic E-state index is 5.98. The molecule has 1 heterocycles. The zero-order chi connectivity index (χ0) is 12.8. The van der Waals surface area contributed by atoms with Crippen LogP contribution in [0.5, 0.6) is 0 Å². The molecule has 1 aliphatic rings. The lowest BCUT2D eigenvalue weighted by Gasteiger charge is -2.34. The van der Waals surface area contributed by atoms with Crippen molar-refractivity contribution in [1.82, 2.24) is 10.1 Å². The van der Waals surface area contributed by atoms with Crippen molar-refractivity contribution < 1.29 is 4.52 Å². The van der Waals surface area contributed by atoms with Crippen molar-refractivity contribution in [3.63, 3.8) is 0 Å². The normalized spacial score (nSPS) is 19.0. The lowest BCUT2D eigenvalue weighted by Crippen LogP contribution is -2.35. The van der Waals surface area contributed by atoms with Crippen LogP contribution in [0, 0.1) is 5.41 Å². The predicted molar refractivity (Wildman–Crippen MR) is 71.2 cm³/mol. The van der Waals surface area contributed by atoms with Crippen LogP contribution in [0.1, 0.15) is 63.6 Å². The van der Waals surface area contributed by atoms with E-state index >= 15 is 0 Å². The molecule has 1 saturated carbocycles. The molecule has 102 valence electrons. The molecule has 1 aromatic heterocycles. The van der Waals surface area contributed by atoms with Crippen LogP contribution in [0.25, 0.3) is 0 Å². The molecule has 2 rings (SSSR count). The third-order valence-electron chi connectivity index (χ3n) is 4.14. The summed E-state index contributed by atoms with van der Waals surface area (Å²) in [5.41, 5.74) is 6.20. The van der Waals surface area contributed by atoms with Crippen molar-refractivity contribution >= 4 is 0 Å². The smallest absolute Gasteiger partial charge is 0.227 e. The van der Waals surface area contributed by atoms with Crippen molar-refractivity contribution in [3.8, 4) is 0 Å². The van der Waals surface area contributed by atoms with E-state index in [1.54, 1.807) is 0 Å². The second-order valence-electron chi connectivity index (χ2n) is 5.65. The van der Waals surface area contributed by atoms with E-state index in [1.165, 1.54) is 32.1 Å². The van der Waals surface area contributed by atoms with E-state index in [-0.39, 0.29) is 5.41 Å². The first-order chi connectivity index (χ1) is 8.78. The molecule has 1 aliphatic carbocycles. The van der Waals surface area contributed by atoms with Crippen molar-refractivity contribution in [2.75, 3.05) is 6.54 Å². The monoisotopic (exact) mass is 251 g/mol. The average molecular weight is 251 g/mol. The first kappa shape index (κ1) is 13.5. The van der Waals surface area contributed by atoms with Gasteiger partial charge in [-0.3, -0.25) is 0 Å². The summed E-state index contributed by atoms with van der Waals surface area (Å²) in [6.07, 6.45) is 10.4. The van der Waals surface area contributed by atoms with Crippen LogP contribution in [0.15, 0.2) is 4.52 Å². The number of hydrogen-bond donors (Lipinski definition) is 1. The third-order valence-corrected chi connectivity index (χ3v) is 4.14. The minimum atomic E-state index is 0.215. The van der Waals surface area contributed by atoms with Crippen LogP contribution in [-0.4, -0.2) is 16.7 Å². The molecule has 0 bridgehead atoms. The number of rotatable bonds is 6. The second kappa shape index (κ2) is 6.32. The van der Waals surface area contributed by atoms with Crippen molar-refractivity contribution in [3.05, 3.63) is 11.7 Å². The Morgan fingerprint density at radius 3 is 2.72 bits per heavy atom. The Morgan fingerprint density at radius 2 is 2.06 bits per heavy atom. The molecule has 0 atom stereocenters. The van der Waals surface area contributed by atoms with Gasteiger partial charge in [0.2, 0.25) is 5.89 Å². The molecule has 2 N–H and O–H groups in total. The lowest BCUT2D eigenvalue weighted by atomic mass is 9.72. The highest BCUT2D eigenvalue weighted by Crippen LogP contribution is 2.37. The SMILES string of the molecule is CCCCc1noc(CC2(CN)CCCCC2)n1. The Hall–Kier alpha value is -0.900. The Kier molecular flexibility index (Phi) is 4.75. The molecule has 0 spiro atoms. The number of aryl methyl sites for hydroxylation is 1. The van der Waals surface area contributed by atoms with Crippen LogP contribution in [-0.2, 0) is 12.8 Å². The van der Waals surface area contributed by atoms with Crippen LogP contribution in [0.4, 0.5) is 0 Å². The van der Waals surface area contributed by atoms with Gasteiger partial charge in [0.15, 0.2) is 5.82 Å². The molecule has 1 fully saturated rings. The Bertz CT molecular complexity index is 356. The van der Waals surface area contributed by atoms with Gasteiger partial charge in [-0.2, -0.15) is 4.98 Å². The number of nitrogens with two attached hydrogens (primary N) is 1. The first-order valence-corrected chi connectivity index (χ1v) is 7.29. The van der Waals surface area contributed by atoms with Gasteiger partial charge in [0.05, 0.1) is 0 Å². The fourth-order valence-corrected chi connectivity index (χ4v) is 2.87. The van der Waals surface area contributed by atoms with Crippen molar-refractivity contribution in [1.29, 1.82) is 0 Å². The number of nitrogens with zero attached hydrogens (tertiary/aromatic N) is 2. The highest BCUT2D eigenvalue weighted by Gasteiger charge is 2.32. The predicted octanol–water partition coefficient (Wildman–Crippen LogP) is 2.86. The summed E-state index contributed by atoms with van der Waals surface area (Å²) in [7, 11) is 0. The summed E-state index contributed by atoms with van der Waals surface area (Å²) in [6.45, 7) is 2.91. The minimum absolute atomic E-state index is 0.215. The van der Waals surface area contributed by atoms with E-state index in [0.29, 0.717) is 0 Å². The van der Waals surface area contributed by atoms with E-state index < -0.39 is 0 Å². The second-order valence-corrected chi connectivity index (χ2v) is 5.65. The maximum absolute atomic E-state index is 5.98. The third kappa shape index (κ3) is 3.31. The van der Waals surface area contributed by atoms with Gasteiger partial charge in [-0.15, -0.1) is 0 Å². The van der Waals surface area contributed by atoms with E-state index in [2.05, 4.69) is 17.1 Å². The van der Waals surface area contributed by atoms with Crippen LogP contribution < -0.4 is 5.73 Å². The number of unbranched alkanes of at least 4 members (excludes halogenated alkanes) is 1. The molecule has 0 aromatic carbocycles. The van der Waals surface area contributed by atoms with Gasteiger partial charge in [-0.25, -0.2) is 0 Å². The molecule has 0 saturated heterocycles. The molecule has 4 nitrogen and oxygen atoms in total. The molecule has 18 heavy (non-hydrogen) atoms. The minimum Gasteiger partial charge on any atom is -0.339 e. The highest BCUT2D eigenvalue weighted by atomic mass is 16.5. The lowest BCUT2D eigenvalue weighted by molar-refractivity contribution is 0.177. The van der Waals surface area contributed by atoms with E-state index in [9.17, 15) is 0 Å². The first-order valence-electron chi connectivity index (χ1n) is 7.29. The zero-order valence-electron chi connectivity index (χ0n) is 11.5. The summed E-state index contributed by atoms with van der Waals surface area (Å²) in [5, 5.41) is 4.06. The largest absolute Gasteiger partial charge is 0.339 e. The molecule has 0 aliphatic heterocycles. The number of hydrogen-bond acceptors (Lipinski definition) is 4. The van der Waals surface area contributed by atoms with Gasteiger partial charge in [0.25, 0.3) is 0 Å². The van der Waals surface area contributed by atoms with Crippen molar-refractivity contribution in [2.45, 2.75) is 64.7 Å². The highest BCUT2D eigenvalue weighted by molar-refractivity contribution is 4.95. The Labute approximate surface area is 109 Å². The fraction of sp³-hybridized carbons (Fsp3) is 0.857. The topological polar surface area (TPSA) is 64.9 Å². The van der Waals surface area contributed by atoms with Gasteiger partial charge >= 0.3 is 0 Å². The van der Waals surface area contributed by atoms with E-state index in [0.717, 1.165) is 43.9 Å². The van der Waals surface area contributed by atoms with Gasteiger partial charge < -0.3 is 10.3 Å². The molecule has 0 amide bonds. The van der Waals surface area contributed by atoms with Gasteiger partial charge in [0.1, 0.15) is 0 Å².